The molecular weight excluding hydrogens is 414 g/mol. The molecule has 0 bridgehead atoms. The lowest BCUT2D eigenvalue weighted by Crippen LogP contribution is -2.63. The lowest BCUT2D eigenvalue weighted by molar-refractivity contribution is -0.412. The van der Waals surface area contributed by atoms with E-state index >= 15 is 0 Å². The van der Waals surface area contributed by atoms with Gasteiger partial charge < -0.3 is 9.47 Å². The molecule has 0 N–H and O–H groups in total. The number of benzene rings is 1. The van der Waals surface area contributed by atoms with E-state index in [9.17, 15) is 26.3 Å². The van der Waals surface area contributed by atoms with E-state index in [4.69, 9.17) is 0 Å². The molecule has 1 aromatic carbocycles. The van der Waals surface area contributed by atoms with Gasteiger partial charge in [0.25, 0.3) is 0 Å². The normalized spacial score (nSPS) is 17.7. The number of ether oxygens (including phenoxy) is 2. The zero-order valence-electron chi connectivity index (χ0n) is 8.49. The van der Waals surface area contributed by atoms with Crippen LogP contribution in [0, 0.1) is 0 Å². The standard InChI is InChI=1S/C9H2Br2F6O2/c10-3-1-5-6(2-4(3)11)19-7(18-5,8(12,13)14)9(15,16)17/h1-2H. The maximum Gasteiger partial charge on any atom is 0.478 e. The number of hydrogen-bond acceptors (Lipinski definition) is 2. The van der Waals surface area contributed by atoms with E-state index in [0.717, 1.165) is 12.1 Å². The van der Waals surface area contributed by atoms with Crippen molar-refractivity contribution in [1.82, 2.24) is 0 Å². The van der Waals surface area contributed by atoms with Crippen molar-refractivity contribution in [3.05, 3.63) is 21.1 Å². The summed E-state index contributed by atoms with van der Waals surface area (Å²) in [5.74, 6) is -5.97. The maximum atomic E-state index is 12.7. The van der Waals surface area contributed by atoms with E-state index < -0.39 is 29.6 Å². The number of rotatable bonds is 0. The summed E-state index contributed by atoms with van der Waals surface area (Å²) in [6.45, 7) is 0. The van der Waals surface area contributed by atoms with Crippen molar-refractivity contribution in [1.29, 1.82) is 0 Å². The number of fused-ring (bicyclic) bond motifs is 1. The third kappa shape index (κ3) is 2.18. The minimum Gasteiger partial charge on any atom is -0.434 e. The quantitative estimate of drug-likeness (QED) is 0.566. The fourth-order valence-electron chi connectivity index (χ4n) is 1.39. The van der Waals surface area contributed by atoms with Crippen molar-refractivity contribution in [3.63, 3.8) is 0 Å². The Balaban J connectivity index is 2.55. The van der Waals surface area contributed by atoms with E-state index in [1.165, 1.54) is 0 Å². The highest BCUT2D eigenvalue weighted by Gasteiger charge is 2.79. The van der Waals surface area contributed by atoms with Crippen LogP contribution in [0.2, 0.25) is 0 Å². The molecule has 0 fully saturated rings. The molecule has 1 heterocycles. The molecule has 2 nitrogen and oxygen atoms in total. The van der Waals surface area contributed by atoms with Crippen molar-refractivity contribution in [2.24, 2.45) is 0 Å². The maximum absolute atomic E-state index is 12.7. The SMILES string of the molecule is FC(F)(F)C1(C(F)(F)F)Oc2cc(Br)c(Br)cc2O1. The molecule has 0 amide bonds. The molecule has 0 saturated carbocycles. The van der Waals surface area contributed by atoms with Crippen LogP contribution in [0.15, 0.2) is 21.1 Å². The molecule has 0 spiro atoms. The first kappa shape index (κ1) is 14.8. The largest absolute Gasteiger partial charge is 0.478 e. The third-order valence-corrected chi connectivity index (χ3v) is 4.08. The fraction of sp³-hybridized carbons (Fsp3) is 0.333. The lowest BCUT2D eigenvalue weighted by Gasteiger charge is -2.30. The second-order valence-corrected chi connectivity index (χ2v) is 5.24. The first-order chi connectivity index (χ1) is 8.48. The van der Waals surface area contributed by atoms with E-state index in [0.29, 0.717) is 0 Å². The van der Waals surface area contributed by atoms with Crippen molar-refractivity contribution in [3.8, 4) is 11.5 Å². The van der Waals surface area contributed by atoms with Crippen LogP contribution in [0.5, 0.6) is 11.5 Å². The van der Waals surface area contributed by atoms with Gasteiger partial charge in [0.2, 0.25) is 0 Å². The van der Waals surface area contributed by atoms with Gasteiger partial charge in [-0.05, 0) is 44.0 Å². The van der Waals surface area contributed by atoms with Gasteiger partial charge in [-0.1, -0.05) is 0 Å². The van der Waals surface area contributed by atoms with Crippen molar-refractivity contribution in [2.45, 2.75) is 18.1 Å². The predicted octanol–water partition coefficient (Wildman–Crippen LogP) is 4.80. The van der Waals surface area contributed by atoms with Crippen molar-refractivity contribution >= 4 is 31.9 Å². The smallest absolute Gasteiger partial charge is 0.434 e. The van der Waals surface area contributed by atoms with Crippen LogP contribution in [0.4, 0.5) is 26.3 Å². The van der Waals surface area contributed by atoms with Gasteiger partial charge in [-0.2, -0.15) is 26.3 Å². The van der Waals surface area contributed by atoms with E-state index in [1.807, 2.05) is 0 Å². The fourth-order valence-corrected chi connectivity index (χ4v) is 2.04. The van der Waals surface area contributed by atoms with Crippen LogP contribution in [0.1, 0.15) is 0 Å². The van der Waals surface area contributed by atoms with Crippen LogP contribution in [0.3, 0.4) is 0 Å². The summed E-state index contributed by atoms with van der Waals surface area (Å²) < 4.78 is 84.6. The molecule has 2 rings (SSSR count). The number of halogens is 8. The van der Waals surface area contributed by atoms with Gasteiger partial charge >= 0.3 is 18.1 Å². The summed E-state index contributed by atoms with van der Waals surface area (Å²) in [4.78, 5) is 0. The van der Waals surface area contributed by atoms with Gasteiger partial charge in [-0.3, -0.25) is 0 Å². The van der Waals surface area contributed by atoms with Crippen LogP contribution in [0.25, 0.3) is 0 Å². The van der Waals surface area contributed by atoms with Gasteiger partial charge in [0.05, 0.1) is 0 Å². The average molecular weight is 416 g/mol. The van der Waals surface area contributed by atoms with Crippen LogP contribution >= 0.6 is 31.9 Å². The molecule has 10 heteroatoms. The lowest BCUT2D eigenvalue weighted by atomic mass is 10.2. The summed E-state index contributed by atoms with van der Waals surface area (Å²) in [6.07, 6.45) is -11.5. The molecule has 0 aromatic heterocycles. The highest BCUT2D eigenvalue weighted by Crippen LogP contribution is 2.54. The molecular formula is C9H2Br2F6O2. The summed E-state index contributed by atoms with van der Waals surface area (Å²) in [5.41, 5.74) is 0. The molecule has 19 heavy (non-hydrogen) atoms. The topological polar surface area (TPSA) is 18.5 Å². The zero-order valence-corrected chi connectivity index (χ0v) is 11.7. The molecule has 106 valence electrons. The predicted molar refractivity (Wildman–Crippen MR) is 57.9 cm³/mol. The average Bonchev–Trinajstić information content (AvgIpc) is 2.56. The van der Waals surface area contributed by atoms with Crippen molar-refractivity contribution in [2.75, 3.05) is 0 Å². The molecule has 1 aromatic rings. The summed E-state index contributed by atoms with van der Waals surface area (Å²) in [6, 6.07) is 1.91. The Morgan fingerprint density at radius 1 is 0.789 bits per heavy atom. The molecule has 1 aliphatic rings. The van der Waals surface area contributed by atoms with E-state index in [-0.39, 0.29) is 8.95 Å². The minimum atomic E-state index is -5.77. The number of alkyl halides is 6. The van der Waals surface area contributed by atoms with Gasteiger partial charge in [-0.25, -0.2) is 0 Å². The first-order valence-electron chi connectivity index (χ1n) is 4.48. The van der Waals surface area contributed by atoms with Gasteiger partial charge in [0.1, 0.15) is 0 Å². The Morgan fingerprint density at radius 2 is 1.11 bits per heavy atom. The first-order valence-corrected chi connectivity index (χ1v) is 6.07. The minimum absolute atomic E-state index is 0.231. The zero-order chi connectivity index (χ0) is 14.6. The summed E-state index contributed by atoms with van der Waals surface area (Å²) in [7, 11) is 0. The Hall–Kier alpha value is -0.640. The van der Waals surface area contributed by atoms with Crippen LogP contribution in [-0.2, 0) is 0 Å². The van der Waals surface area contributed by atoms with E-state index in [1.54, 1.807) is 0 Å². The Kier molecular flexibility index (Phi) is 3.24. The molecule has 0 unspecified atom stereocenters. The molecule has 0 atom stereocenters. The monoisotopic (exact) mass is 414 g/mol. The van der Waals surface area contributed by atoms with E-state index in [2.05, 4.69) is 41.3 Å². The summed E-state index contributed by atoms with van der Waals surface area (Å²) in [5, 5.41) is 0. The molecule has 0 radical (unpaired) electrons. The highest BCUT2D eigenvalue weighted by molar-refractivity contribution is 9.13. The van der Waals surface area contributed by atoms with Crippen molar-refractivity contribution < 1.29 is 35.8 Å². The third-order valence-electron chi connectivity index (χ3n) is 2.24. The number of hydrogen-bond donors (Lipinski definition) is 0. The van der Waals surface area contributed by atoms with Crippen LogP contribution in [-0.4, -0.2) is 18.1 Å². The second-order valence-electron chi connectivity index (χ2n) is 3.53. The Morgan fingerprint density at radius 3 is 1.37 bits per heavy atom. The second kappa shape index (κ2) is 4.18. The highest BCUT2D eigenvalue weighted by atomic mass is 79.9. The Labute approximate surface area is 118 Å². The Bertz CT molecular complexity index is 478. The van der Waals surface area contributed by atoms with Crippen LogP contribution < -0.4 is 9.47 Å². The molecule has 1 aliphatic heterocycles. The van der Waals surface area contributed by atoms with Gasteiger partial charge in [-0.15, -0.1) is 0 Å². The molecule has 0 aliphatic carbocycles. The molecule has 0 saturated heterocycles. The summed E-state index contributed by atoms with van der Waals surface area (Å²) >= 11 is 5.88. The van der Waals surface area contributed by atoms with Gasteiger partial charge in [0, 0.05) is 8.95 Å². The van der Waals surface area contributed by atoms with Gasteiger partial charge in [0.15, 0.2) is 11.5 Å².